The first-order valence-electron chi connectivity index (χ1n) is 11.3. The van der Waals surface area contributed by atoms with Gasteiger partial charge in [0.2, 0.25) is 10.0 Å². The molecule has 0 radical (unpaired) electrons. The third-order valence-corrected chi connectivity index (χ3v) is 8.53. The molecule has 0 aliphatic carbocycles. The van der Waals surface area contributed by atoms with Gasteiger partial charge in [0.25, 0.3) is 0 Å². The van der Waals surface area contributed by atoms with Crippen molar-refractivity contribution in [1.82, 2.24) is 24.5 Å². The SMILES string of the molecule is CCS(=O)(=O)N1[C@@H]2CC[C@H]1CC(Nc1nc(Nc3cc(C)[nH]n3)cc3nccc(OC)c13)C2. The molecule has 3 aromatic rings. The van der Waals surface area contributed by atoms with Crippen LogP contribution in [0.1, 0.15) is 38.3 Å². The van der Waals surface area contributed by atoms with E-state index in [9.17, 15) is 8.42 Å². The summed E-state index contributed by atoms with van der Waals surface area (Å²) in [5, 5.41) is 14.8. The minimum atomic E-state index is -3.20. The molecule has 5 rings (SSSR count). The van der Waals surface area contributed by atoms with Crippen molar-refractivity contribution in [3.63, 3.8) is 0 Å². The summed E-state index contributed by atoms with van der Waals surface area (Å²) in [6.07, 6.45) is 5.01. The van der Waals surface area contributed by atoms with Crippen molar-refractivity contribution in [2.45, 2.75) is 57.7 Å². The second-order valence-corrected chi connectivity index (χ2v) is 10.9. The van der Waals surface area contributed by atoms with Gasteiger partial charge in [0.1, 0.15) is 17.4 Å². The van der Waals surface area contributed by atoms with Crippen molar-refractivity contribution in [2.75, 3.05) is 23.5 Å². The van der Waals surface area contributed by atoms with Crippen molar-refractivity contribution >= 4 is 38.4 Å². The van der Waals surface area contributed by atoms with E-state index >= 15 is 0 Å². The Morgan fingerprint density at radius 3 is 2.61 bits per heavy atom. The lowest BCUT2D eigenvalue weighted by Gasteiger charge is -2.38. The first-order valence-corrected chi connectivity index (χ1v) is 12.9. The molecule has 33 heavy (non-hydrogen) atoms. The Bertz CT molecular complexity index is 1260. The lowest BCUT2D eigenvalue weighted by Crippen LogP contribution is -2.50. The summed E-state index contributed by atoms with van der Waals surface area (Å²) in [5.41, 5.74) is 1.69. The van der Waals surface area contributed by atoms with Gasteiger partial charge in [0, 0.05) is 42.1 Å². The van der Waals surface area contributed by atoms with Crippen LogP contribution in [0.2, 0.25) is 0 Å². The van der Waals surface area contributed by atoms with Crippen LogP contribution in [-0.4, -0.2) is 63.9 Å². The number of piperidine rings is 1. The number of aromatic amines is 1. The van der Waals surface area contributed by atoms with E-state index in [0.29, 0.717) is 23.2 Å². The van der Waals surface area contributed by atoms with E-state index in [-0.39, 0.29) is 23.9 Å². The molecule has 0 aromatic carbocycles. The summed E-state index contributed by atoms with van der Waals surface area (Å²) in [4.78, 5) is 9.37. The zero-order valence-electron chi connectivity index (χ0n) is 19.0. The highest BCUT2D eigenvalue weighted by Crippen LogP contribution is 2.40. The molecule has 5 heterocycles. The number of sulfonamides is 1. The van der Waals surface area contributed by atoms with Crippen LogP contribution >= 0.6 is 0 Å². The second-order valence-electron chi connectivity index (χ2n) is 8.75. The molecule has 3 N–H and O–H groups in total. The first-order chi connectivity index (χ1) is 15.9. The number of aromatic nitrogens is 4. The number of methoxy groups -OCH3 is 1. The van der Waals surface area contributed by atoms with Gasteiger partial charge in [-0.05, 0) is 45.6 Å². The third-order valence-electron chi connectivity index (χ3n) is 6.56. The number of ether oxygens (including phenoxy) is 1. The average Bonchev–Trinajstić information content (AvgIpc) is 3.33. The van der Waals surface area contributed by atoms with Crippen LogP contribution in [0.15, 0.2) is 24.4 Å². The van der Waals surface area contributed by atoms with Crippen molar-refractivity contribution in [3.05, 3.63) is 30.1 Å². The largest absolute Gasteiger partial charge is 0.496 e. The number of pyridine rings is 2. The Morgan fingerprint density at radius 2 is 1.97 bits per heavy atom. The van der Waals surface area contributed by atoms with E-state index in [2.05, 4.69) is 25.8 Å². The highest BCUT2D eigenvalue weighted by atomic mass is 32.2. The number of H-pyrrole nitrogens is 1. The highest BCUT2D eigenvalue weighted by Gasteiger charge is 2.46. The van der Waals surface area contributed by atoms with Gasteiger partial charge in [-0.25, -0.2) is 13.4 Å². The summed E-state index contributed by atoms with van der Waals surface area (Å²) in [6.45, 7) is 3.65. The fourth-order valence-electron chi connectivity index (χ4n) is 5.15. The Hall–Kier alpha value is -2.92. The number of hydrogen-bond acceptors (Lipinski definition) is 8. The summed E-state index contributed by atoms with van der Waals surface area (Å²) in [5.74, 6) is 2.79. The third kappa shape index (κ3) is 4.10. The van der Waals surface area contributed by atoms with Crippen LogP contribution in [0.25, 0.3) is 10.9 Å². The molecular weight excluding hydrogens is 442 g/mol. The van der Waals surface area contributed by atoms with E-state index in [1.807, 2.05) is 25.1 Å². The molecule has 0 saturated carbocycles. The van der Waals surface area contributed by atoms with Gasteiger partial charge in [0.05, 0.1) is 23.8 Å². The van der Waals surface area contributed by atoms with Gasteiger partial charge in [-0.1, -0.05) is 0 Å². The standard InChI is InChI=1S/C22H29N7O3S/c1-4-33(30,31)29-15-5-6-16(29)11-14(10-15)24-22-21-17(23-8-7-18(21)32-3)12-19(26-22)25-20-9-13(2)27-28-20/h7-9,12,14-16H,4-6,10-11H2,1-3H3,(H3,24,25,26,27,28)/t14?,15-,16+. The number of anilines is 3. The maximum atomic E-state index is 12.6. The zero-order chi connectivity index (χ0) is 23.2. The molecule has 0 amide bonds. The van der Waals surface area contributed by atoms with Gasteiger partial charge >= 0.3 is 0 Å². The van der Waals surface area contributed by atoms with E-state index in [4.69, 9.17) is 9.72 Å². The van der Waals surface area contributed by atoms with Crippen molar-refractivity contribution in [1.29, 1.82) is 0 Å². The lowest BCUT2D eigenvalue weighted by molar-refractivity contribution is 0.235. The number of aryl methyl sites for hydroxylation is 1. The number of rotatable bonds is 7. The van der Waals surface area contributed by atoms with Gasteiger partial charge in [-0.3, -0.25) is 10.1 Å². The predicted octanol–water partition coefficient (Wildman–Crippen LogP) is 3.17. The number of nitrogens with zero attached hydrogens (tertiary/aromatic N) is 4. The minimum Gasteiger partial charge on any atom is -0.496 e. The Labute approximate surface area is 193 Å². The molecule has 0 spiro atoms. The smallest absolute Gasteiger partial charge is 0.214 e. The van der Waals surface area contributed by atoms with Crippen LogP contribution in [0, 0.1) is 6.92 Å². The molecule has 2 bridgehead atoms. The van der Waals surface area contributed by atoms with Crippen LogP contribution in [0.5, 0.6) is 5.75 Å². The maximum absolute atomic E-state index is 12.6. The van der Waals surface area contributed by atoms with Crippen LogP contribution < -0.4 is 15.4 Å². The predicted molar refractivity (Wildman–Crippen MR) is 127 cm³/mol. The first kappa shape index (κ1) is 21.9. The summed E-state index contributed by atoms with van der Waals surface area (Å²) >= 11 is 0. The van der Waals surface area contributed by atoms with E-state index < -0.39 is 10.0 Å². The lowest BCUT2D eigenvalue weighted by atomic mass is 9.99. The second kappa shape index (κ2) is 8.45. The van der Waals surface area contributed by atoms with Gasteiger partial charge < -0.3 is 15.4 Å². The Balaban J connectivity index is 1.47. The van der Waals surface area contributed by atoms with Crippen molar-refractivity contribution < 1.29 is 13.2 Å². The summed E-state index contributed by atoms with van der Waals surface area (Å²) in [7, 11) is -1.57. The average molecular weight is 472 g/mol. The van der Waals surface area contributed by atoms with Crippen molar-refractivity contribution in [3.8, 4) is 5.75 Å². The molecule has 1 unspecified atom stereocenters. The number of fused-ring (bicyclic) bond motifs is 3. The molecule has 11 heteroatoms. The molecule has 3 aromatic heterocycles. The molecule has 2 saturated heterocycles. The molecule has 2 aliphatic heterocycles. The molecule has 10 nitrogen and oxygen atoms in total. The summed E-state index contributed by atoms with van der Waals surface area (Å²) < 4.78 is 32.6. The monoisotopic (exact) mass is 471 g/mol. The van der Waals surface area contributed by atoms with Gasteiger partial charge in [-0.2, -0.15) is 9.40 Å². The van der Waals surface area contributed by atoms with Crippen LogP contribution in [-0.2, 0) is 10.0 Å². The molecule has 176 valence electrons. The fraction of sp³-hybridized carbons (Fsp3) is 0.500. The maximum Gasteiger partial charge on any atom is 0.214 e. The van der Waals surface area contributed by atoms with Gasteiger partial charge in [-0.15, -0.1) is 0 Å². The van der Waals surface area contributed by atoms with Gasteiger partial charge in [0.15, 0.2) is 5.82 Å². The minimum absolute atomic E-state index is 0.0332. The zero-order valence-corrected chi connectivity index (χ0v) is 19.8. The summed E-state index contributed by atoms with van der Waals surface area (Å²) in [6, 6.07) is 5.76. The highest BCUT2D eigenvalue weighted by molar-refractivity contribution is 7.89. The van der Waals surface area contributed by atoms with Crippen molar-refractivity contribution in [2.24, 2.45) is 0 Å². The Kier molecular flexibility index (Phi) is 5.61. The molecular formula is C22H29N7O3S. The number of nitrogens with one attached hydrogen (secondary N) is 3. The molecule has 3 atom stereocenters. The van der Waals surface area contributed by atoms with E-state index in [1.54, 1.807) is 24.5 Å². The fourth-order valence-corrected chi connectivity index (χ4v) is 6.73. The topological polar surface area (TPSA) is 125 Å². The number of hydrogen-bond donors (Lipinski definition) is 3. The van der Waals surface area contributed by atoms with E-state index in [1.165, 1.54) is 0 Å². The van der Waals surface area contributed by atoms with E-state index in [0.717, 1.165) is 42.3 Å². The Morgan fingerprint density at radius 1 is 1.21 bits per heavy atom. The quantitative estimate of drug-likeness (QED) is 0.480. The molecule has 2 fully saturated rings. The van der Waals surface area contributed by atoms with Crippen LogP contribution in [0.3, 0.4) is 0 Å². The van der Waals surface area contributed by atoms with Crippen LogP contribution in [0.4, 0.5) is 17.5 Å². The normalized spacial score (nSPS) is 23.1. The molecule has 2 aliphatic rings.